The summed E-state index contributed by atoms with van der Waals surface area (Å²) in [6, 6.07) is 3.38. The fourth-order valence-electron chi connectivity index (χ4n) is 3.64. The van der Waals surface area contributed by atoms with Crippen LogP contribution in [-0.4, -0.2) is 31.9 Å². The highest BCUT2D eigenvalue weighted by atomic mass is 35.5. The number of halogens is 1. The molecule has 6 nitrogen and oxygen atoms in total. The van der Waals surface area contributed by atoms with Crippen LogP contribution in [0.25, 0.3) is 0 Å². The standard InChI is InChI=1S/C22H27ClN2O4S2/c1-4-29-21(26)19-13-9-7-5-6-8-10-18(13)31-20(19)25-22(30)24-15-11-14(23)16(27-2)12-17(15)28-3/h11-12H,4-10H2,1-3H3,(H2,24,25,30). The summed E-state index contributed by atoms with van der Waals surface area (Å²) in [6.45, 7) is 2.14. The molecule has 168 valence electrons. The molecule has 1 aromatic heterocycles. The van der Waals surface area contributed by atoms with Crippen LogP contribution in [0.1, 0.15) is 53.4 Å². The van der Waals surface area contributed by atoms with Crippen molar-refractivity contribution in [3.8, 4) is 11.5 Å². The molecule has 0 unspecified atom stereocenters. The number of ether oxygens (including phenoxy) is 3. The first-order chi connectivity index (χ1) is 15.0. The van der Waals surface area contributed by atoms with Crippen LogP contribution in [0, 0.1) is 0 Å². The van der Waals surface area contributed by atoms with Gasteiger partial charge in [-0.15, -0.1) is 11.3 Å². The Kier molecular flexibility index (Phi) is 8.40. The second kappa shape index (κ2) is 11.0. The zero-order chi connectivity index (χ0) is 22.4. The number of fused-ring (bicyclic) bond motifs is 1. The quantitative estimate of drug-likeness (QED) is 0.383. The highest BCUT2D eigenvalue weighted by molar-refractivity contribution is 7.80. The van der Waals surface area contributed by atoms with Crippen LogP contribution in [0.4, 0.5) is 10.7 Å². The van der Waals surface area contributed by atoms with E-state index in [-0.39, 0.29) is 5.97 Å². The molecule has 1 aliphatic carbocycles. The van der Waals surface area contributed by atoms with Gasteiger partial charge in [0.15, 0.2) is 5.11 Å². The summed E-state index contributed by atoms with van der Waals surface area (Å²) in [5, 5.41) is 7.79. The van der Waals surface area contributed by atoms with Gasteiger partial charge in [0, 0.05) is 10.9 Å². The summed E-state index contributed by atoms with van der Waals surface area (Å²) in [5.74, 6) is 0.732. The normalized spacial score (nSPS) is 13.4. The maximum atomic E-state index is 12.8. The second-order valence-electron chi connectivity index (χ2n) is 7.11. The molecule has 31 heavy (non-hydrogen) atoms. The van der Waals surface area contributed by atoms with E-state index in [0.29, 0.717) is 44.5 Å². The highest BCUT2D eigenvalue weighted by Crippen LogP contribution is 2.39. The molecule has 3 rings (SSSR count). The van der Waals surface area contributed by atoms with Crippen molar-refractivity contribution in [1.82, 2.24) is 0 Å². The van der Waals surface area contributed by atoms with Crippen molar-refractivity contribution < 1.29 is 19.0 Å². The van der Waals surface area contributed by atoms with Gasteiger partial charge in [0.05, 0.1) is 37.1 Å². The number of hydrogen-bond acceptors (Lipinski definition) is 6. The maximum Gasteiger partial charge on any atom is 0.341 e. The molecule has 0 aliphatic heterocycles. The topological polar surface area (TPSA) is 68.8 Å². The highest BCUT2D eigenvalue weighted by Gasteiger charge is 2.26. The van der Waals surface area contributed by atoms with Crippen LogP contribution in [0.3, 0.4) is 0 Å². The summed E-state index contributed by atoms with van der Waals surface area (Å²) in [5.41, 5.74) is 2.30. The lowest BCUT2D eigenvalue weighted by Crippen LogP contribution is -2.21. The van der Waals surface area contributed by atoms with Gasteiger partial charge in [0.2, 0.25) is 0 Å². The number of carbonyl (C=O) groups excluding carboxylic acids is 1. The molecule has 2 N–H and O–H groups in total. The Hall–Kier alpha value is -2.03. The molecule has 0 saturated carbocycles. The number of benzene rings is 1. The molecule has 9 heteroatoms. The number of esters is 1. The number of methoxy groups -OCH3 is 2. The van der Waals surface area contributed by atoms with Gasteiger partial charge in [-0.2, -0.15) is 0 Å². The molecule has 0 atom stereocenters. The molecule has 0 fully saturated rings. The number of carbonyl (C=O) groups is 1. The lowest BCUT2D eigenvalue weighted by atomic mass is 9.96. The minimum absolute atomic E-state index is 0.309. The first-order valence-corrected chi connectivity index (χ1v) is 11.9. The molecule has 0 spiro atoms. The third-order valence-corrected chi connectivity index (χ3v) is 6.81. The molecular formula is C22H27ClN2O4S2. The summed E-state index contributed by atoms with van der Waals surface area (Å²) < 4.78 is 16.0. The third kappa shape index (κ3) is 5.61. The molecule has 1 aliphatic rings. The number of rotatable bonds is 6. The van der Waals surface area contributed by atoms with Crippen LogP contribution >= 0.6 is 35.2 Å². The van der Waals surface area contributed by atoms with Gasteiger partial charge in [0.1, 0.15) is 16.5 Å². The molecule has 0 amide bonds. The Morgan fingerprint density at radius 1 is 1.10 bits per heavy atom. The van der Waals surface area contributed by atoms with Crippen LogP contribution in [0.5, 0.6) is 11.5 Å². The number of thiophene rings is 1. The SMILES string of the molecule is CCOC(=O)c1c(NC(=S)Nc2cc(Cl)c(OC)cc2OC)sc2c1CCCCCC2. The van der Waals surface area contributed by atoms with E-state index in [4.69, 9.17) is 38.0 Å². The van der Waals surface area contributed by atoms with E-state index in [0.717, 1.165) is 31.2 Å². The van der Waals surface area contributed by atoms with Crippen molar-refractivity contribution in [2.75, 3.05) is 31.5 Å². The van der Waals surface area contributed by atoms with Crippen LogP contribution < -0.4 is 20.1 Å². The zero-order valence-corrected chi connectivity index (χ0v) is 20.3. The minimum Gasteiger partial charge on any atom is -0.495 e. The lowest BCUT2D eigenvalue weighted by molar-refractivity contribution is 0.0526. The monoisotopic (exact) mass is 482 g/mol. The summed E-state index contributed by atoms with van der Waals surface area (Å²) >= 11 is 13.4. The average Bonchev–Trinajstić information content (AvgIpc) is 3.04. The van der Waals surface area contributed by atoms with E-state index < -0.39 is 0 Å². The van der Waals surface area contributed by atoms with Crippen molar-refractivity contribution >= 4 is 56.9 Å². The lowest BCUT2D eigenvalue weighted by Gasteiger charge is -2.15. The Bertz CT molecular complexity index is 961. The van der Waals surface area contributed by atoms with Crippen LogP contribution in [-0.2, 0) is 17.6 Å². The average molecular weight is 483 g/mol. The Morgan fingerprint density at radius 3 is 2.48 bits per heavy atom. The second-order valence-corrected chi connectivity index (χ2v) is 9.03. The summed E-state index contributed by atoms with van der Waals surface area (Å²) in [4.78, 5) is 14.0. The molecule has 1 heterocycles. The fourth-order valence-corrected chi connectivity index (χ4v) is 5.44. The smallest absolute Gasteiger partial charge is 0.341 e. The van der Waals surface area contributed by atoms with E-state index in [9.17, 15) is 4.79 Å². The summed E-state index contributed by atoms with van der Waals surface area (Å²) in [6.07, 6.45) is 6.43. The molecule has 0 radical (unpaired) electrons. The van der Waals surface area contributed by atoms with Crippen molar-refractivity contribution in [3.63, 3.8) is 0 Å². The van der Waals surface area contributed by atoms with Gasteiger partial charge >= 0.3 is 5.97 Å². The zero-order valence-electron chi connectivity index (χ0n) is 17.9. The van der Waals surface area contributed by atoms with Gasteiger partial charge in [-0.1, -0.05) is 24.4 Å². The molecule has 0 saturated heterocycles. The molecule has 2 aromatic rings. The number of hydrogen-bond donors (Lipinski definition) is 2. The number of thiocarbonyl (C=S) groups is 1. The number of anilines is 2. The Labute approximate surface area is 197 Å². The van der Waals surface area contributed by atoms with E-state index in [2.05, 4.69) is 10.6 Å². The van der Waals surface area contributed by atoms with E-state index in [1.165, 1.54) is 17.7 Å². The van der Waals surface area contributed by atoms with Crippen molar-refractivity contribution in [2.24, 2.45) is 0 Å². The Balaban J connectivity index is 1.88. The molecule has 0 bridgehead atoms. The van der Waals surface area contributed by atoms with Gasteiger partial charge in [0.25, 0.3) is 0 Å². The predicted octanol–water partition coefficient (Wildman–Crippen LogP) is 6.06. The molecule has 1 aromatic carbocycles. The fraction of sp³-hybridized carbons (Fsp3) is 0.455. The summed E-state index contributed by atoms with van der Waals surface area (Å²) in [7, 11) is 3.10. The van der Waals surface area contributed by atoms with Crippen LogP contribution in [0.15, 0.2) is 12.1 Å². The van der Waals surface area contributed by atoms with Gasteiger partial charge in [-0.3, -0.25) is 0 Å². The first kappa shape index (κ1) is 23.6. The van der Waals surface area contributed by atoms with E-state index in [1.54, 1.807) is 37.7 Å². The van der Waals surface area contributed by atoms with Crippen molar-refractivity contribution in [1.29, 1.82) is 0 Å². The number of nitrogens with one attached hydrogen (secondary N) is 2. The van der Waals surface area contributed by atoms with Crippen LogP contribution in [0.2, 0.25) is 5.02 Å². The van der Waals surface area contributed by atoms with Gasteiger partial charge in [-0.05, 0) is 56.5 Å². The number of aryl methyl sites for hydroxylation is 1. The minimum atomic E-state index is -0.309. The predicted molar refractivity (Wildman–Crippen MR) is 131 cm³/mol. The first-order valence-electron chi connectivity index (χ1n) is 10.3. The molecular weight excluding hydrogens is 456 g/mol. The van der Waals surface area contributed by atoms with Gasteiger partial charge < -0.3 is 24.8 Å². The Morgan fingerprint density at radius 2 is 1.81 bits per heavy atom. The van der Waals surface area contributed by atoms with Gasteiger partial charge in [-0.25, -0.2) is 4.79 Å². The third-order valence-electron chi connectivity index (χ3n) is 5.10. The largest absolute Gasteiger partial charge is 0.495 e. The van der Waals surface area contributed by atoms with E-state index >= 15 is 0 Å². The van der Waals surface area contributed by atoms with Crippen molar-refractivity contribution in [2.45, 2.75) is 45.4 Å². The van der Waals surface area contributed by atoms with E-state index in [1.807, 2.05) is 6.92 Å². The maximum absolute atomic E-state index is 12.8. The van der Waals surface area contributed by atoms with Crippen molar-refractivity contribution in [3.05, 3.63) is 33.2 Å².